The zero-order valence-electron chi connectivity index (χ0n) is 9.35. The van der Waals surface area contributed by atoms with E-state index in [9.17, 15) is 5.11 Å². The third-order valence-corrected chi connectivity index (χ3v) is 2.90. The summed E-state index contributed by atoms with van der Waals surface area (Å²) in [6.07, 6.45) is 2.49. The number of aromatic nitrogens is 1. The predicted octanol–water partition coefficient (Wildman–Crippen LogP) is 1.78. The van der Waals surface area contributed by atoms with E-state index in [2.05, 4.69) is 29.8 Å². The maximum Gasteiger partial charge on any atom is 0.132 e. The van der Waals surface area contributed by atoms with Crippen molar-refractivity contribution in [2.75, 3.05) is 18.0 Å². The zero-order valence-corrected chi connectivity index (χ0v) is 9.35. The standard InChI is InChI=1S/C12H18N2O/c1-9(2)11-4-3-6-13-12(11)14-7-5-10(15)8-14/h3-4,6,9-10,15H,5,7-8H2,1-2H3. The zero-order chi connectivity index (χ0) is 10.8. The molecule has 0 bridgehead atoms. The molecule has 3 heteroatoms. The van der Waals surface area contributed by atoms with Crippen LogP contribution >= 0.6 is 0 Å². The molecule has 1 aromatic heterocycles. The van der Waals surface area contributed by atoms with E-state index >= 15 is 0 Å². The van der Waals surface area contributed by atoms with Crippen molar-refractivity contribution in [3.05, 3.63) is 23.9 Å². The van der Waals surface area contributed by atoms with Gasteiger partial charge in [-0.15, -0.1) is 0 Å². The Hall–Kier alpha value is -1.09. The van der Waals surface area contributed by atoms with E-state index in [4.69, 9.17) is 0 Å². The molecule has 0 aliphatic carbocycles. The van der Waals surface area contributed by atoms with Crippen molar-refractivity contribution in [1.82, 2.24) is 4.98 Å². The van der Waals surface area contributed by atoms with Crippen LogP contribution in [0.2, 0.25) is 0 Å². The van der Waals surface area contributed by atoms with Crippen LogP contribution in [0.5, 0.6) is 0 Å². The second-order valence-corrected chi connectivity index (χ2v) is 4.46. The molecule has 1 aliphatic rings. The predicted molar refractivity (Wildman–Crippen MR) is 61.2 cm³/mol. The minimum Gasteiger partial charge on any atom is -0.391 e. The number of pyridine rings is 1. The molecule has 3 nitrogen and oxygen atoms in total. The van der Waals surface area contributed by atoms with Gasteiger partial charge in [-0.05, 0) is 24.0 Å². The van der Waals surface area contributed by atoms with Gasteiger partial charge >= 0.3 is 0 Å². The largest absolute Gasteiger partial charge is 0.391 e. The Kier molecular flexibility index (Phi) is 2.91. The fraction of sp³-hybridized carbons (Fsp3) is 0.583. The van der Waals surface area contributed by atoms with Gasteiger partial charge in [0.15, 0.2) is 0 Å². The monoisotopic (exact) mass is 206 g/mol. The molecular weight excluding hydrogens is 188 g/mol. The van der Waals surface area contributed by atoms with Crippen molar-refractivity contribution in [2.24, 2.45) is 0 Å². The molecule has 15 heavy (non-hydrogen) atoms. The van der Waals surface area contributed by atoms with E-state index in [0.29, 0.717) is 5.92 Å². The highest BCUT2D eigenvalue weighted by Gasteiger charge is 2.23. The first-order valence-electron chi connectivity index (χ1n) is 5.56. The number of hydrogen-bond donors (Lipinski definition) is 1. The molecule has 1 aliphatic heterocycles. The number of hydrogen-bond acceptors (Lipinski definition) is 3. The molecule has 2 rings (SSSR count). The smallest absolute Gasteiger partial charge is 0.132 e. The molecule has 1 atom stereocenters. The van der Waals surface area contributed by atoms with Crippen LogP contribution in [-0.4, -0.2) is 29.3 Å². The van der Waals surface area contributed by atoms with Gasteiger partial charge in [0.25, 0.3) is 0 Å². The number of nitrogens with zero attached hydrogens (tertiary/aromatic N) is 2. The Morgan fingerprint density at radius 3 is 2.93 bits per heavy atom. The Balaban J connectivity index is 2.27. The quantitative estimate of drug-likeness (QED) is 0.801. The van der Waals surface area contributed by atoms with Crippen LogP contribution in [0.25, 0.3) is 0 Å². The summed E-state index contributed by atoms with van der Waals surface area (Å²) in [7, 11) is 0. The van der Waals surface area contributed by atoms with Gasteiger partial charge in [0.2, 0.25) is 0 Å². The van der Waals surface area contributed by atoms with Crippen molar-refractivity contribution < 1.29 is 5.11 Å². The van der Waals surface area contributed by atoms with E-state index in [1.54, 1.807) is 0 Å². The van der Waals surface area contributed by atoms with Crippen molar-refractivity contribution in [1.29, 1.82) is 0 Å². The summed E-state index contributed by atoms with van der Waals surface area (Å²) in [4.78, 5) is 6.61. The van der Waals surface area contributed by atoms with Crippen LogP contribution in [0.15, 0.2) is 18.3 Å². The van der Waals surface area contributed by atoms with E-state index < -0.39 is 0 Å². The van der Waals surface area contributed by atoms with Gasteiger partial charge in [0, 0.05) is 19.3 Å². The van der Waals surface area contributed by atoms with Gasteiger partial charge in [-0.2, -0.15) is 0 Å². The fourth-order valence-electron chi connectivity index (χ4n) is 2.06. The Labute approximate surface area is 90.8 Å². The summed E-state index contributed by atoms with van der Waals surface area (Å²) in [6.45, 7) is 5.98. The number of β-amino-alcohol motifs (C(OH)–C–C–N with tert-alkyl or cyclic N) is 1. The molecule has 1 saturated heterocycles. The second kappa shape index (κ2) is 4.19. The molecule has 0 radical (unpaired) electrons. The number of anilines is 1. The molecule has 0 spiro atoms. The van der Waals surface area contributed by atoms with E-state index in [0.717, 1.165) is 25.3 Å². The first kappa shape index (κ1) is 10.4. The first-order chi connectivity index (χ1) is 7.18. The van der Waals surface area contributed by atoms with E-state index in [1.807, 2.05) is 12.3 Å². The average molecular weight is 206 g/mol. The van der Waals surface area contributed by atoms with Gasteiger partial charge in [-0.3, -0.25) is 0 Å². The summed E-state index contributed by atoms with van der Waals surface area (Å²) in [5.41, 5.74) is 1.27. The molecule has 82 valence electrons. The normalized spacial score (nSPS) is 21.3. The van der Waals surface area contributed by atoms with Crippen LogP contribution in [0.1, 0.15) is 31.7 Å². The van der Waals surface area contributed by atoms with Crippen LogP contribution in [0.4, 0.5) is 5.82 Å². The lowest BCUT2D eigenvalue weighted by atomic mass is 10.0. The van der Waals surface area contributed by atoms with Gasteiger partial charge in [-0.25, -0.2) is 4.98 Å². The van der Waals surface area contributed by atoms with Crippen LogP contribution in [0.3, 0.4) is 0 Å². The fourth-order valence-corrected chi connectivity index (χ4v) is 2.06. The maximum atomic E-state index is 9.52. The number of aliphatic hydroxyl groups excluding tert-OH is 1. The lowest BCUT2D eigenvalue weighted by Gasteiger charge is -2.21. The molecular formula is C12H18N2O. The van der Waals surface area contributed by atoms with Crippen molar-refractivity contribution in [2.45, 2.75) is 32.3 Å². The van der Waals surface area contributed by atoms with Gasteiger partial charge in [0.05, 0.1) is 6.10 Å². The van der Waals surface area contributed by atoms with Gasteiger partial charge in [-0.1, -0.05) is 19.9 Å². The SMILES string of the molecule is CC(C)c1cccnc1N1CCC(O)C1. The van der Waals surface area contributed by atoms with Crippen molar-refractivity contribution >= 4 is 5.82 Å². The summed E-state index contributed by atoms with van der Waals surface area (Å²) in [5.74, 6) is 1.52. The highest BCUT2D eigenvalue weighted by atomic mass is 16.3. The summed E-state index contributed by atoms with van der Waals surface area (Å²) < 4.78 is 0. The van der Waals surface area contributed by atoms with Crippen LogP contribution in [-0.2, 0) is 0 Å². The second-order valence-electron chi connectivity index (χ2n) is 4.46. The molecule has 0 aromatic carbocycles. The van der Waals surface area contributed by atoms with Gasteiger partial charge in [0.1, 0.15) is 5.82 Å². The minimum atomic E-state index is -0.188. The Morgan fingerprint density at radius 1 is 1.53 bits per heavy atom. The Morgan fingerprint density at radius 2 is 2.33 bits per heavy atom. The molecule has 1 unspecified atom stereocenters. The molecule has 1 N–H and O–H groups in total. The van der Waals surface area contributed by atoms with Crippen LogP contribution < -0.4 is 4.90 Å². The molecule has 0 amide bonds. The third kappa shape index (κ3) is 2.12. The topological polar surface area (TPSA) is 36.4 Å². The van der Waals surface area contributed by atoms with Crippen LogP contribution in [0, 0.1) is 0 Å². The highest BCUT2D eigenvalue weighted by Crippen LogP contribution is 2.27. The maximum absolute atomic E-state index is 9.52. The molecule has 1 aromatic rings. The minimum absolute atomic E-state index is 0.188. The number of rotatable bonds is 2. The highest BCUT2D eigenvalue weighted by molar-refractivity contribution is 5.49. The Bertz CT molecular complexity index is 338. The summed E-state index contributed by atoms with van der Waals surface area (Å²) >= 11 is 0. The molecule has 1 fully saturated rings. The number of aliphatic hydroxyl groups is 1. The lowest BCUT2D eigenvalue weighted by molar-refractivity contribution is 0.198. The first-order valence-corrected chi connectivity index (χ1v) is 5.56. The lowest BCUT2D eigenvalue weighted by Crippen LogP contribution is -2.23. The summed E-state index contributed by atoms with van der Waals surface area (Å²) in [6, 6.07) is 4.10. The van der Waals surface area contributed by atoms with Crippen molar-refractivity contribution in [3.63, 3.8) is 0 Å². The third-order valence-electron chi connectivity index (χ3n) is 2.90. The van der Waals surface area contributed by atoms with E-state index in [-0.39, 0.29) is 6.10 Å². The van der Waals surface area contributed by atoms with E-state index in [1.165, 1.54) is 5.56 Å². The molecule has 0 saturated carbocycles. The van der Waals surface area contributed by atoms with Crippen molar-refractivity contribution in [3.8, 4) is 0 Å². The summed E-state index contributed by atoms with van der Waals surface area (Å²) in [5, 5.41) is 9.52. The van der Waals surface area contributed by atoms with Gasteiger partial charge < -0.3 is 10.0 Å². The average Bonchev–Trinajstić information content (AvgIpc) is 2.65. The molecule has 2 heterocycles.